The normalized spacial score (nSPS) is 22.6. The minimum atomic E-state index is 0. The van der Waals surface area contributed by atoms with Crippen LogP contribution < -0.4 is 15.5 Å². The molecule has 2 atom stereocenters. The lowest BCUT2D eigenvalue weighted by atomic mass is 10.1. The van der Waals surface area contributed by atoms with Gasteiger partial charge in [-0.3, -0.25) is 4.79 Å². The summed E-state index contributed by atoms with van der Waals surface area (Å²) in [6.07, 6.45) is 4.10. The molecule has 2 saturated heterocycles. The topological polar surface area (TPSA) is 44.4 Å². The molecule has 0 spiro atoms. The van der Waals surface area contributed by atoms with Crippen molar-refractivity contribution in [2.45, 2.75) is 31.7 Å². The molecule has 2 unspecified atom stereocenters. The highest BCUT2D eigenvalue weighted by Gasteiger charge is 2.24. The highest BCUT2D eigenvalue weighted by molar-refractivity contribution is 9.10. The number of hydrogen-bond acceptors (Lipinski definition) is 3. The van der Waals surface area contributed by atoms with E-state index < -0.39 is 0 Å². The van der Waals surface area contributed by atoms with Crippen molar-refractivity contribution in [2.75, 3.05) is 31.1 Å². The molecule has 2 N–H and O–H groups in total. The summed E-state index contributed by atoms with van der Waals surface area (Å²) in [5.74, 6) is 0.750. The van der Waals surface area contributed by atoms with Crippen LogP contribution in [0.15, 0.2) is 28.7 Å². The van der Waals surface area contributed by atoms with Crippen LogP contribution >= 0.6 is 40.7 Å². The number of amides is 1. The maximum atomic E-state index is 12.0. The van der Waals surface area contributed by atoms with E-state index in [1.54, 1.807) is 0 Å². The summed E-state index contributed by atoms with van der Waals surface area (Å²) in [4.78, 5) is 14.4. The van der Waals surface area contributed by atoms with E-state index >= 15 is 0 Å². The fourth-order valence-electron chi connectivity index (χ4n) is 3.39. The second-order valence-corrected chi connectivity index (χ2v) is 7.30. The average molecular weight is 439 g/mol. The number of carbonyl (C=O) groups is 1. The number of nitrogens with zero attached hydrogens (tertiary/aromatic N) is 1. The lowest BCUT2D eigenvalue weighted by Crippen LogP contribution is -2.35. The van der Waals surface area contributed by atoms with Crippen LogP contribution in [0.3, 0.4) is 0 Å². The maximum absolute atomic E-state index is 12.0. The van der Waals surface area contributed by atoms with Crippen LogP contribution in [0.5, 0.6) is 0 Å². The van der Waals surface area contributed by atoms with Gasteiger partial charge in [0.15, 0.2) is 0 Å². The molecule has 7 heteroatoms. The van der Waals surface area contributed by atoms with Crippen LogP contribution in [-0.4, -0.2) is 38.1 Å². The zero-order valence-electron chi connectivity index (χ0n) is 13.7. The third-order valence-corrected chi connectivity index (χ3v) is 5.13. The van der Waals surface area contributed by atoms with Gasteiger partial charge in [0.05, 0.1) is 0 Å². The number of halogens is 3. The predicted octanol–water partition coefficient (Wildman–Crippen LogP) is 3.38. The number of hydrogen-bond donors (Lipinski definition) is 2. The molecule has 0 saturated carbocycles. The van der Waals surface area contributed by atoms with Crippen molar-refractivity contribution >= 4 is 52.3 Å². The summed E-state index contributed by atoms with van der Waals surface area (Å²) in [7, 11) is 0. The molecule has 0 aromatic heterocycles. The molecule has 24 heavy (non-hydrogen) atoms. The molecule has 136 valence electrons. The van der Waals surface area contributed by atoms with Crippen molar-refractivity contribution in [3.8, 4) is 0 Å². The van der Waals surface area contributed by atoms with Crippen LogP contribution in [0.2, 0.25) is 0 Å². The van der Waals surface area contributed by atoms with Crippen LogP contribution in [0, 0.1) is 5.92 Å². The molecule has 0 radical (unpaired) electrons. The summed E-state index contributed by atoms with van der Waals surface area (Å²) >= 11 is 3.53. The van der Waals surface area contributed by atoms with Crippen LogP contribution in [0.25, 0.3) is 0 Å². The van der Waals surface area contributed by atoms with Crippen molar-refractivity contribution < 1.29 is 4.79 Å². The van der Waals surface area contributed by atoms with Crippen LogP contribution in [-0.2, 0) is 4.79 Å². The minimum absolute atomic E-state index is 0. The van der Waals surface area contributed by atoms with Gasteiger partial charge in [-0.2, -0.15) is 0 Å². The lowest BCUT2D eigenvalue weighted by molar-refractivity contribution is -0.121. The summed E-state index contributed by atoms with van der Waals surface area (Å²) < 4.78 is 1.12. The predicted molar refractivity (Wildman–Crippen MR) is 108 cm³/mol. The molecule has 2 aliphatic heterocycles. The number of rotatable bonds is 5. The van der Waals surface area contributed by atoms with Gasteiger partial charge in [0.2, 0.25) is 5.91 Å². The third kappa shape index (κ3) is 6.10. The molecule has 1 amide bonds. The van der Waals surface area contributed by atoms with Gasteiger partial charge in [-0.05, 0) is 49.9 Å². The van der Waals surface area contributed by atoms with E-state index in [9.17, 15) is 4.79 Å². The Morgan fingerprint density at radius 3 is 2.88 bits per heavy atom. The van der Waals surface area contributed by atoms with E-state index in [2.05, 4.69) is 49.7 Å². The summed E-state index contributed by atoms with van der Waals surface area (Å²) in [6.45, 7) is 3.96. The largest absolute Gasteiger partial charge is 0.371 e. The Kier molecular flexibility index (Phi) is 9.42. The molecule has 2 heterocycles. The zero-order valence-corrected chi connectivity index (χ0v) is 16.9. The van der Waals surface area contributed by atoms with Gasteiger partial charge in [0.1, 0.15) is 0 Å². The van der Waals surface area contributed by atoms with Gasteiger partial charge in [-0.15, -0.1) is 24.8 Å². The Morgan fingerprint density at radius 2 is 2.17 bits per heavy atom. The number of carbonyl (C=O) groups excluding carboxylic acids is 1. The SMILES string of the molecule is Cl.Cl.O=C(CC1CCCN1)NCC1CCN(c2cccc(Br)c2)C1. The number of anilines is 1. The second kappa shape index (κ2) is 10.5. The van der Waals surface area contributed by atoms with Gasteiger partial charge in [0.25, 0.3) is 0 Å². The summed E-state index contributed by atoms with van der Waals surface area (Å²) in [5.41, 5.74) is 1.26. The second-order valence-electron chi connectivity index (χ2n) is 6.38. The molecular formula is C17H26BrCl2N3O. The standard InChI is InChI=1S/C17H24BrN3O.2ClH/c18-14-3-1-5-16(9-14)21-8-6-13(12-21)11-20-17(22)10-15-4-2-7-19-15;;/h1,3,5,9,13,15,19H,2,4,6-8,10-12H2,(H,20,22);2*1H. The fraction of sp³-hybridized carbons (Fsp3) is 0.588. The van der Waals surface area contributed by atoms with Crippen molar-refractivity contribution in [3.63, 3.8) is 0 Å². The van der Waals surface area contributed by atoms with Gasteiger partial charge < -0.3 is 15.5 Å². The highest BCUT2D eigenvalue weighted by atomic mass is 79.9. The van der Waals surface area contributed by atoms with E-state index in [4.69, 9.17) is 0 Å². The molecular weight excluding hydrogens is 413 g/mol. The van der Waals surface area contributed by atoms with E-state index in [1.807, 2.05) is 6.07 Å². The first-order chi connectivity index (χ1) is 10.7. The first-order valence-electron chi connectivity index (χ1n) is 8.21. The van der Waals surface area contributed by atoms with Crippen molar-refractivity contribution in [1.82, 2.24) is 10.6 Å². The minimum Gasteiger partial charge on any atom is -0.371 e. The Labute approximate surface area is 165 Å². The first kappa shape index (κ1) is 21.6. The van der Waals surface area contributed by atoms with Crippen molar-refractivity contribution in [1.29, 1.82) is 0 Å². The third-order valence-electron chi connectivity index (χ3n) is 4.64. The molecule has 1 aromatic rings. The van der Waals surface area contributed by atoms with Crippen molar-refractivity contribution in [2.24, 2.45) is 5.92 Å². The van der Waals surface area contributed by atoms with Gasteiger partial charge in [-0.1, -0.05) is 22.0 Å². The average Bonchev–Trinajstić information content (AvgIpc) is 3.16. The zero-order chi connectivity index (χ0) is 15.4. The lowest BCUT2D eigenvalue weighted by Gasteiger charge is -2.19. The van der Waals surface area contributed by atoms with Crippen LogP contribution in [0.1, 0.15) is 25.7 Å². The Balaban J connectivity index is 0.00000144. The molecule has 2 aliphatic rings. The first-order valence-corrected chi connectivity index (χ1v) is 9.00. The van der Waals surface area contributed by atoms with E-state index in [0.717, 1.165) is 43.5 Å². The summed E-state index contributed by atoms with van der Waals surface area (Å²) in [6, 6.07) is 8.82. The van der Waals surface area contributed by atoms with Gasteiger partial charge in [0, 0.05) is 42.3 Å². The van der Waals surface area contributed by atoms with Crippen LogP contribution in [0.4, 0.5) is 5.69 Å². The van der Waals surface area contributed by atoms with Crippen molar-refractivity contribution in [3.05, 3.63) is 28.7 Å². The smallest absolute Gasteiger partial charge is 0.221 e. The molecule has 1 aromatic carbocycles. The maximum Gasteiger partial charge on any atom is 0.221 e. The number of benzene rings is 1. The van der Waals surface area contributed by atoms with E-state index in [0.29, 0.717) is 18.4 Å². The molecule has 3 rings (SSSR count). The van der Waals surface area contributed by atoms with E-state index in [1.165, 1.54) is 12.1 Å². The fourth-order valence-corrected chi connectivity index (χ4v) is 3.78. The van der Waals surface area contributed by atoms with Gasteiger partial charge in [-0.25, -0.2) is 0 Å². The Morgan fingerprint density at radius 1 is 1.33 bits per heavy atom. The highest BCUT2D eigenvalue weighted by Crippen LogP contribution is 2.25. The van der Waals surface area contributed by atoms with Gasteiger partial charge >= 0.3 is 0 Å². The quantitative estimate of drug-likeness (QED) is 0.740. The summed E-state index contributed by atoms with van der Waals surface area (Å²) in [5, 5.41) is 6.50. The number of nitrogens with one attached hydrogen (secondary N) is 2. The molecule has 2 fully saturated rings. The molecule has 0 aliphatic carbocycles. The van der Waals surface area contributed by atoms with E-state index in [-0.39, 0.29) is 30.7 Å². The monoisotopic (exact) mass is 437 g/mol. The Bertz CT molecular complexity index is 526. The Hall–Kier alpha value is -0.490. The molecule has 0 bridgehead atoms. The molecule has 4 nitrogen and oxygen atoms in total.